The van der Waals surface area contributed by atoms with Gasteiger partial charge in [0, 0.05) is 6.54 Å². The smallest absolute Gasteiger partial charge is 0.310 e. The number of esters is 1. The Bertz CT molecular complexity index is 126. The van der Waals surface area contributed by atoms with Gasteiger partial charge < -0.3 is 10.5 Å². The number of rotatable bonds is 6. The van der Waals surface area contributed by atoms with E-state index in [0.717, 1.165) is 19.3 Å². The summed E-state index contributed by atoms with van der Waals surface area (Å²) < 4.78 is 4.87. The van der Waals surface area contributed by atoms with Crippen molar-refractivity contribution in [2.75, 3.05) is 13.2 Å². The number of hydrogen-bond acceptors (Lipinski definition) is 3. The topological polar surface area (TPSA) is 52.3 Å². The van der Waals surface area contributed by atoms with E-state index in [9.17, 15) is 4.79 Å². The number of hydrogen-bond donors (Lipinski definition) is 1. The molecule has 0 fully saturated rings. The lowest BCUT2D eigenvalue weighted by molar-refractivity contribution is -0.147. The van der Waals surface area contributed by atoms with Gasteiger partial charge in [0.05, 0.1) is 12.5 Å². The lowest BCUT2D eigenvalue weighted by atomic mass is 10.0. The molecule has 0 aromatic rings. The Morgan fingerprint density at radius 1 is 1.50 bits per heavy atom. The minimum Gasteiger partial charge on any atom is -0.466 e. The second-order valence-electron chi connectivity index (χ2n) is 2.83. The van der Waals surface area contributed by atoms with E-state index in [1.165, 1.54) is 0 Å². The molecule has 0 bridgehead atoms. The van der Waals surface area contributed by atoms with Crippen LogP contribution in [0.3, 0.4) is 0 Å². The third-order valence-electron chi connectivity index (χ3n) is 1.81. The van der Waals surface area contributed by atoms with E-state index in [0.29, 0.717) is 13.2 Å². The molecular weight excluding hydrogens is 154 g/mol. The van der Waals surface area contributed by atoms with Crippen LogP contribution in [0.1, 0.15) is 33.1 Å². The van der Waals surface area contributed by atoms with Gasteiger partial charge >= 0.3 is 5.97 Å². The predicted octanol–water partition coefficient (Wildman–Crippen LogP) is 1.31. The van der Waals surface area contributed by atoms with Gasteiger partial charge in [-0.2, -0.15) is 0 Å². The van der Waals surface area contributed by atoms with Gasteiger partial charge in [-0.05, 0) is 13.3 Å². The predicted molar refractivity (Wildman–Crippen MR) is 48.7 cm³/mol. The van der Waals surface area contributed by atoms with Crippen LogP contribution in [0.4, 0.5) is 0 Å². The summed E-state index contributed by atoms with van der Waals surface area (Å²) in [6.07, 6.45) is 2.99. The van der Waals surface area contributed by atoms with Crippen LogP contribution >= 0.6 is 0 Å². The maximum atomic E-state index is 11.2. The molecule has 2 N–H and O–H groups in total. The minimum absolute atomic E-state index is 0.0927. The second kappa shape index (κ2) is 7.10. The number of carbonyl (C=O) groups is 1. The monoisotopic (exact) mass is 173 g/mol. The average Bonchev–Trinajstić information content (AvgIpc) is 2.06. The molecule has 0 aliphatic heterocycles. The summed E-state index contributed by atoms with van der Waals surface area (Å²) in [6.45, 7) is 4.75. The van der Waals surface area contributed by atoms with E-state index in [1.807, 2.05) is 6.92 Å². The first-order chi connectivity index (χ1) is 5.76. The Morgan fingerprint density at radius 2 is 2.17 bits per heavy atom. The van der Waals surface area contributed by atoms with Crippen LogP contribution < -0.4 is 5.73 Å². The molecule has 3 heteroatoms. The lowest BCUT2D eigenvalue weighted by Gasteiger charge is -2.11. The highest BCUT2D eigenvalue weighted by Gasteiger charge is 2.16. The zero-order chi connectivity index (χ0) is 9.40. The Morgan fingerprint density at radius 3 is 2.58 bits per heavy atom. The molecule has 0 aromatic heterocycles. The van der Waals surface area contributed by atoms with Crippen LogP contribution in [0.15, 0.2) is 0 Å². The Hall–Kier alpha value is -0.570. The average molecular weight is 173 g/mol. The van der Waals surface area contributed by atoms with Crippen molar-refractivity contribution < 1.29 is 9.53 Å². The third-order valence-corrected chi connectivity index (χ3v) is 1.81. The zero-order valence-electron chi connectivity index (χ0n) is 8.01. The van der Waals surface area contributed by atoms with E-state index in [-0.39, 0.29) is 11.9 Å². The van der Waals surface area contributed by atoms with Crippen molar-refractivity contribution in [2.45, 2.75) is 33.1 Å². The maximum Gasteiger partial charge on any atom is 0.310 e. The molecular formula is C9H19NO2. The largest absolute Gasteiger partial charge is 0.466 e. The summed E-state index contributed by atoms with van der Waals surface area (Å²) in [5.41, 5.74) is 5.44. The highest BCUT2D eigenvalue weighted by Crippen LogP contribution is 2.08. The summed E-state index contributed by atoms with van der Waals surface area (Å²) in [6, 6.07) is 0. The summed E-state index contributed by atoms with van der Waals surface area (Å²) >= 11 is 0. The first kappa shape index (κ1) is 11.4. The molecule has 3 nitrogen and oxygen atoms in total. The van der Waals surface area contributed by atoms with Gasteiger partial charge in [0.2, 0.25) is 0 Å². The van der Waals surface area contributed by atoms with Crippen molar-refractivity contribution >= 4 is 5.97 Å². The van der Waals surface area contributed by atoms with E-state index in [2.05, 4.69) is 6.92 Å². The summed E-state index contributed by atoms with van der Waals surface area (Å²) in [5.74, 6) is -0.238. The van der Waals surface area contributed by atoms with Crippen molar-refractivity contribution in [2.24, 2.45) is 11.7 Å². The van der Waals surface area contributed by atoms with Crippen LogP contribution in [-0.4, -0.2) is 19.1 Å². The van der Waals surface area contributed by atoms with Crippen LogP contribution in [-0.2, 0) is 9.53 Å². The zero-order valence-corrected chi connectivity index (χ0v) is 8.01. The van der Waals surface area contributed by atoms with Gasteiger partial charge in [-0.1, -0.05) is 19.8 Å². The molecule has 0 amide bonds. The fourth-order valence-corrected chi connectivity index (χ4v) is 1.04. The van der Waals surface area contributed by atoms with Crippen LogP contribution in [0.5, 0.6) is 0 Å². The molecule has 0 heterocycles. The highest BCUT2D eigenvalue weighted by atomic mass is 16.5. The van der Waals surface area contributed by atoms with Gasteiger partial charge in [-0.3, -0.25) is 4.79 Å². The molecule has 0 aliphatic rings. The molecule has 0 saturated heterocycles. The maximum absolute atomic E-state index is 11.2. The van der Waals surface area contributed by atoms with Crippen molar-refractivity contribution in [1.82, 2.24) is 0 Å². The van der Waals surface area contributed by atoms with Gasteiger partial charge in [-0.25, -0.2) is 0 Å². The van der Waals surface area contributed by atoms with E-state index >= 15 is 0 Å². The van der Waals surface area contributed by atoms with Gasteiger partial charge in [0.25, 0.3) is 0 Å². The molecule has 0 spiro atoms. The normalized spacial score (nSPS) is 12.6. The van der Waals surface area contributed by atoms with E-state index in [1.54, 1.807) is 0 Å². The number of nitrogens with two attached hydrogens (primary N) is 1. The fourth-order valence-electron chi connectivity index (χ4n) is 1.04. The van der Waals surface area contributed by atoms with Crippen molar-refractivity contribution in [3.63, 3.8) is 0 Å². The number of carbonyl (C=O) groups excluding carboxylic acids is 1. The first-order valence-corrected chi connectivity index (χ1v) is 4.62. The Balaban J connectivity index is 3.71. The highest BCUT2D eigenvalue weighted by molar-refractivity contribution is 5.72. The molecule has 72 valence electrons. The quantitative estimate of drug-likeness (QED) is 0.616. The Kier molecular flexibility index (Phi) is 6.76. The summed E-state index contributed by atoms with van der Waals surface area (Å²) in [7, 11) is 0. The van der Waals surface area contributed by atoms with Gasteiger partial charge in [0.15, 0.2) is 0 Å². The molecule has 1 atom stereocenters. The molecule has 0 saturated carbocycles. The fraction of sp³-hybridized carbons (Fsp3) is 0.889. The van der Waals surface area contributed by atoms with Crippen molar-refractivity contribution in [1.29, 1.82) is 0 Å². The van der Waals surface area contributed by atoms with Crippen LogP contribution in [0.25, 0.3) is 0 Å². The van der Waals surface area contributed by atoms with Crippen molar-refractivity contribution in [3.8, 4) is 0 Å². The standard InChI is InChI=1S/C9H19NO2/c1-3-5-6-8(7-10)9(11)12-4-2/h8H,3-7,10H2,1-2H3/t8-/m0/s1. The van der Waals surface area contributed by atoms with Crippen LogP contribution in [0.2, 0.25) is 0 Å². The molecule has 12 heavy (non-hydrogen) atoms. The number of ether oxygens (including phenoxy) is 1. The van der Waals surface area contributed by atoms with Crippen LogP contribution in [0, 0.1) is 5.92 Å². The molecule has 0 aromatic carbocycles. The molecule has 0 radical (unpaired) electrons. The first-order valence-electron chi connectivity index (χ1n) is 4.62. The minimum atomic E-state index is -0.145. The second-order valence-corrected chi connectivity index (χ2v) is 2.83. The van der Waals surface area contributed by atoms with Crippen molar-refractivity contribution in [3.05, 3.63) is 0 Å². The third kappa shape index (κ3) is 4.34. The van der Waals surface area contributed by atoms with Gasteiger partial charge in [0.1, 0.15) is 0 Å². The van der Waals surface area contributed by atoms with E-state index in [4.69, 9.17) is 10.5 Å². The Labute approximate surface area is 74.3 Å². The summed E-state index contributed by atoms with van der Waals surface area (Å²) in [5, 5.41) is 0. The molecule has 0 unspecified atom stereocenters. The number of unbranched alkanes of at least 4 members (excludes halogenated alkanes) is 1. The summed E-state index contributed by atoms with van der Waals surface area (Å²) in [4.78, 5) is 11.2. The molecule has 0 aliphatic carbocycles. The van der Waals surface area contributed by atoms with E-state index < -0.39 is 0 Å². The molecule has 0 rings (SSSR count). The lowest BCUT2D eigenvalue weighted by Crippen LogP contribution is -2.25. The van der Waals surface area contributed by atoms with Gasteiger partial charge in [-0.15, -0.1) is 0 Å². The SMILES string of the molecule is CCCC[C@@H](CN)C(=O)OCC.